The van der Waals surface area contributed by atoms with Crippen molar-refractivity contribution in [3.8, 4) is 0 Å². The van der Waals surface area contributed by atoms with E-state index in [4.69, 9.17) is 5.73 Å². The van der Waals surface area contributed by atoms with Gasteiger partial charge in [0.25, 0.3) is 0 Å². The van der Waals surface area contributed by atoms with Crippen LogP contribution in [0.4, 0.5) is 0 Å². The van der Waals surface area contributed by atoms with Crippen molar-refractivity contribution < 1.29 is 0 Å². The molecule has 0 aliphatic heterocycles. The van der Waals surface area contributed by atoms with Crippen LogP contribution >= 0.6 is 0 Å². The van der Waals surface area contributed by atoms with Crippen LogP contribution in [0.25, 0.3) is 5.57 Å². The molecule has 1 aromatic carbocycles. The number of hydrogen-bond donors (Lipinski definition) is 1. The van der Waals surface area contributed by atoms with Gasteiger partial charge in [-0.05, 0) is 66.7 Å². The van der Waals surface area contributed by atoms with Gasteiger partial charge in [-0.25, -0.2) is 0 Å². The van der Waals surface area contributed by atoms with Crippen molar-refractivity contribution in [2.45, 2.75) is 32.6 Å². The fraction of sp³-hybridized carbons (Fsp3) is 0.429. The van der Waals surface area contributed by atoms with Crippen LogP contribution in [0.5, 0.6) is 0 Å². The van der Waals surface area contributed by atoms with E-state index in [-0.39, 0.29) is 0 Å². The minimum atomic E-state index is 0.525. The summed E-state index contributed by atoms with van der Waals surface area (Å²) in [6.45, 7) is 7.32. The lowest BCUT2D eigenvalue weighted by Gasteiger charge is -2.16. The van der Waals surface area contributed by atoms with Gasteiger partial charge in [-0.3, -0.25) is 0 Å². The first-order chi connectivity index (χ1) is 10.7. The second-order valence-corrected chi connectivity index (χ2v) is 6.83. The Morgan fingerprint density at radius 3 is 2.55 bits per heavy atom. The molecule has 0 heterocycles. The van der Waals surface area contributed by atoms with E-state index < -0.39 is 0 Å². The highest BCUT2D eigenvalue weighted by Gasteiger charge is 2.33. The van der Waals surface area contributed by atoms with Gasteiger partial charge in [-0.1, -0.05) is 61.6 Å². The standard InChI is InChI=1S/C21H27N/c1-15-16(2)21(14-22)13-20(15)12-17-8-10-19(11-9-17)18-6-4-3-5-7-18/h4,6-11,15,20-21H,2-3,5,12-14,22H2,1H3. The van der Waals surface area contributed by atoms with Gasteiger partial charge < -0.3 is 5.73 Å². The molecule has 2 N–H and O–H groups in total. The Kier molecular flexibility index (Phi) is 4.63. The third-order valence-corrected chi connectivity index (χ3v) is 5.47. The molecule has 22 heavy (non-hydrogen) atoms. The summed E-state index contributed by atoms with van der Waals surface area (Å²) in [5.41, 5.74) is 11.4. The zero-order valence-electron chi connectivity index (χ0n) is 13.6. The van der Waals surface area contributed by atoms with Gasteiger partial charge in [0.2, 0.25) is 0 Å². The van der Waals surface area contributed by atoms with Crippen molar-refractivity contribution in [3.63, 3.8) is 0 Å². The predicted octanol–water partition coefficient (Wildman–Crippen LogP) is 4.75. The summed E-state index contributed by atoms with van der Waals surface area (Å²) < 4.78 is 0. The molecule has 116 valence electrons. The normalized spacial score (nSPS) is 28.0. The first-order valence-electron chi connectivity index (χ1n) is 8.53. The molecule has 0 radical (unpaired) electrons. The molecule has 3 atom stereocenters. The van der Waals surface area contributed by atoms with Crippen LogP contribution < -0.4 is 5.73 Å². The number of allylic oxidation sites excluding steroid dienone is 4. The van der Waals surface area contributed by atoms with Crippen LogP contribution in [0, 0.1) is 17.8 Å². The molecule has 0 spiro atoms. The maximum atomic E-state index is 5.87. The van der Waals surface area contributed by atoms with E-state index in [0.717, 1.165) is 19.4 Å². The van der Waals surface area contributed by atoms with E-state index >= 15 is 0 Å². The largest absolute Gasteiger partial charge is 0.330 e. The SMILES string of the molecule is C=C1C(CN)CC(Cc2ccc(C3=CCCC=C3)cc2)C1C. The van der Waals surface area contributed by atoms with E-state index in [2.05, 4.69) is 56.0 Å². The molecule has 0 amide bonds. The van der Waals surface area contributed by atoms with Gasteiger partial charge >= 0.3 is 0 Å². The third-order valence-electron chi connectivity index (χ3n) is 5.47. The minimum Gasteiger partial charge on any atom is -0.330 e. The first-order valence-corrected chi connectivity index (χ1v) is 8.53. The molecule has 0 saturated heterocycles. The van der Waals surface area contributed by atoms with Crippen LogP contribution in [0.1, 0.15) is 37.3 Å². The van der Waals surface area contributed by atoms with E-state index in [0.29, 0.717) is 17.8 Å². The molecule has 1 nitrogen and oxygen atoms in total. The minimum absolute atomic E-state index is 0.525. The predicted molar refractivity (Wildman–Crippen MR) is 95.5 cm³/mol. The highest BCUT2D eigenvalue weighted by molar-refractivity contribution is 5.74. The number of rotatable bonds is 4. The summed E-state index contributed by atoms with van der Waals surface area (Å²) in [4.78, 5) is 0. The Morgan fingerprint density at radius 2 is 1.95 bits per heavy atom. The Balaban J connectivity index is 1.68. The van der Waals surface area contributed by atoms with Gasteiger partial charge in [0.05, 0.1) is 0 Å². The van der Waals surface area contributed by atoms with Crippen LogP contribution in [-0.4, -0.2) is 6.54 Å². The van der Waals surface area contributed by atoms with E-state index in [1.807, 2.05) is 0 Å². The summed E-state index contributed by atoms with van der Waals surface area (Å²) in [5, 5.41) is 0. The monoisotopic (exact) mass is 293 g/mol. The van der Waals surface area contributed by atoms with Gasteiger partial charge in [0.1, 0.15) is 0 Å². The topological polar surface area (TPSA) is 26.0 Å². The van der Waals surface area contributed by atoms with Crippen LogP contribution in [-0.2, 0) is 6.42 Å². The van der Waals surface area contributed by atoms with Crippen molar-refractivity contribution in [2.75, 3.05) is 6.54 Å². The van der Waals surface area contributed by atoms with Crippen LogP contribution in [0.2, 0.25) is 0 Å². The average Bonchev–Trinajstić information content (AvgIpc) is 2.84. The van der Waals surface area contributed by atoms with Gasteiger partial charge in [0.15, 0.2) is 0 Å². The molecule has 0 aromatic heterocycles. The summed E-state index contributed by atoms with van der Waals surface area (Å²) in [7, 11) is 0. The highest BCUT2D eigenvalue weighted by atomic mass is 14.6. The van der Waals surface area contributed by atoms with E-state index in [9.17, 15) is 0 Å². The molecular formula is C21H27N. The Labute approximate surface area is 134 Å². The van der Waals surface area contributed by atoms with Gasteiger partial charge in [0, 0.05) is 0 Å². The maximum Gasteiger partial charge on any atom is -0.00114 e. The fourth-order valence-corrected chi connectivity index (χ4v) is 3.87. The lowest BCUT2D eigenvalue weighted by atomic mass is 9.89. The molecular weight excluding hydrogens is 266 g/mol. The zero-order valence-corrected chi connectivity index (χ0v) is 13.6. The third kappa shape index (κ3) is 3.10. The number of hydrogen-bond acceptors (Lipinski definition) is 1. The van der Waals surface area contributed by atoms with Crippen molar-refractivity contribution >= 4 is 5.57 Å². The molecule has 1 heteroatoms. The smallest absolute Gasteiger partial charge is 0.00114 e. The Morgan fingerprint density at radius 1 is 1.18 bits per heavy atom. The van der Waals surface area contributed by atoms with Gasteiger partial charge in [-0.2, -0.15) is 0 Å². The van der Waals surface area contributed by atoms with Crippen LogP contribution in [0.15, 0.2) is 54.6 Å². The molecule has 3 rings (SSSR count). The Hall–Kier alpha value is -1.60. The lowest BCUT2D eigenvalue weighted by Crippen LogP contribution is -2.12. The summed E-state index contributed by atoms with van der Waals surface area (Å²) in [6, 6.07) is 9.13. The first kappa shape index (κ1) is 15.3. The summed E-state index contributed by atoms with van der Waals surface area (Å²) in [6.07, 6.45) is 11.5. The van der Waals surface area contributed by atoms with Gasteiger partial charge in [-0.15, -0.1) is 0 Å². The highest BCUT2D eigenvalue weighted by Crippen LogP contribution is 2.41. The molecule has 2 aliphatic rings. The summed E-state index contributed by atoms with van der Waals surface area (Å²) in [5.74, 6) is 1.81. The van der Waals surface area contributed by atoms with E-state index in [1.54, 1.807) is 0 Å². The zero-order chi connectivity index (χ0) is 15.5. The van der Waals surface area contributed by atoms with Crippen LogP contribution in [0.3, 0.4) is 0 Å². The molecule has 1 saturated carbocycles. The molecule has 0 bridgehead atoms. The number of benzene rings is 1. The second-order valence-electron chi connectivity index (χ2n) is 6.83. The molecule has 3 unspecified atom stereocenters. The second kappa shape index (κ2) is 6.66. The van der Waals surface area contributed by atoms with E-state index in [1.165, 1.54) is 35.1 Å². The quantitative estimate of drug-likeness (QED) is 0.797. The van der Waals surface area contributed by atoms with Crippen molar-refractivity contribution in [1.82, 2.24) is 0 Å². The Bertz CT molecular complexity index is 591. The average molecular weight is 293 g/mol. The van der Waals surface area contributed by atoms with Crippen molar-refractivity contribution in [1.29, 1.82) is 0 Å². The molecule has 1 aromatic rings. The summed E-state index contributed by atoms with van der Waals surface area (Å²) >= 11 is 0. The fourth-order valence-electron chi connectivity index (χ4n) is 3.87. The molecule has 1 fully saturated rings. The number of nitrogens with two attached hydrogens (primary N) is 1. The molecule has 2 aliphatic carbocycles. The van der Waals surface area contributed by atoms with Crippen molar-refractivity contribution in [2.24, 2.45) is 23.5 Å². The van der Waals surface area contributed by atoms with Crippen molar-refractivity contribution in [3.05, 3.63) is 65.8 Å². The maximum absolute atomic E-state index is 5.87. The lowest BCUT2D eigenvalue weighted by molar-refractivity contribution is 0.432.